The highest BCUT2D eigenvalue weighted by Gasteiger charge is 2.24. The number of amides is 1. The molecule has 1 aromatic rings. The van der Waals surface area contributed by atoms with Gasteiger partial charge in [-0.05, 0) is 6.92 Å². The Morgan fingerprint density at radius 1 is 1.44 bits per heavy atom. The molecular weight excluding hydrogens is 254 g/mol. The van der Waals surface area contributed by atoms with Gasteiger partial charge in [-0.15, -0.1) is 0 Å². The minimum atomic E-state index is -0.581. The van der Waals surface area contributed by atoms with E-state index < -0.39 is 11.4 Å². The Hall–Kier alpha value is -1.63. The summed E-state index contributed by atoms with van der Waals surface area (Å²) in [4.78, 5) is 27.2. The molecule has 0 saturated carbocycles. The first-order valence-corrected chi connectivity index (χ1v) is 6.32. The van der Waals surface area contributed by atoms with Crippen LogP contribution in [-0.2, 0) is 9.53 Å². The number of thiazole rings is 1. The Balaban J connectivity index is 2.85. The summed E-state index contributed by atoms with van der Waals surface area (Å²) in [5.41, 5.74) is 5.17. The van der Waals surface area contributed by atoms with E-state index in [-0.39, 0.29) is 23.2 Å². The smallest absolute Gasteiger partial charge is 0.360 e. The fourth-order valence-corrected chi connectivity index (χ4v) is 1.73. The van der Waals surface area contributed by atoms with E-state index in [1.165, 1.54) is 0 Å². The van der Waals surface area contributed by atoms with Crippen LogP contribution in [0.15, 0.2) is 0 Å². The summed E-state index contributed by atoms with van der Waals surface area (Å²) in [6.45, 7) is 7.30. The summed E-state index contributed by atoms with van der Waals surface area (Å²) in [5.74, 6) is -0.769. The van der Waals surface area contributed by atoms with Crippen molar-refractivity contribution >= 4 is 33.3 Å². The van der Waals surface area contributed by atoms with Crippen LogP contribution < -0.4 is 11.1 Å². The second kappa shape index (κ2) is 5.34. The Morgan fingerprint density at radius 3 is 2.56 bits per heavy atom. The fraction of sp³-hybridized carbons (Fsp3) is 0.545. The van der Waals surface area contributed by atoms with E-state index in [1.807, 2.05) is 0 Å². The average molecular weight is 271 g/mol. The topological polar surface area (TPSA) is 94.3 Å². The number of carbonyl (C=O) groups excluding carboxylic acids is 2. The second-order valence-corrected chi connectivity index (χ2v) is 5.69. The lowest BCUT2D eigenvalue weighted by Crippen LogP contribution is -2.27. The minimum Gasteiger partial charge on any atom is -0.461 e. The van der Waals surface area contributed by atoms with Gasteiger partial charge in [0.2, 0.25) is 5.91 Å². The van der Waals surface area contributed by atoms with Crippen LogP contribution in [0.5, 0.6) is 0 Å². The van der Waals surface area contributed by atoms with Crippen molar-refractivity contribution in [3.8, 4) is 0 Å². The van der Waals surface area contributed by atoms with Crippen LogP contribution in [0.1, 0.15) is 38.2 Å². The van der Waals surface area contributed by atoms with Gasteiger partial charge in [0.1, 0.15) is 5.00 Å². The lowest BCUT2D eigenvalue weighted by Gasteiger charge is -2.15. The number of nitrogen functional groups attached to an aromatic ring is 1. The monoisotopic (exact) mass is 271 g/mol. The van der Waals surface area contributed by atoms with Crippen LogP contribution in [0.3, 0.4) is 0 Å². The van der Waals surface area contributed by atoms with E-state index in [0.29, 0.717) is 5.13 Å². The molecule has 0 unspecified atom stereocenters. The number of ether oxygens (including phenoxy) is 1. The molecule has 0 saturated heterocycles. The van der Waals surface area contributed by atoms with Crippen LogP contribution in [0.4, 0.5) is 10.1 Å². The van der Waals surface area contributed by atoms with Crippen molar-refractivity contribution in [1.29, 1.82) is 0 Å². The SMILES string of the molecule is CCOC(=O)c1nc(NC(=O)C(C)(C)C)sc1N. The van der Waals surface area contributed by atoms with Crippen molar-refractivity contribution in [3.05, 3.63) is 5.69 Å². The van der Waals surface area contributed by atoms with Crippen molar-refractivity contribution in [1.82, 2.24) is 4.98 Å². The summed E-state index contributed by atoms with van der Waals surface area (Å²) >= 11 is 1.05. The maximum absolute atomic E-state index is 11.7. The van der Waals surface area contributed by atoms with Gasteiger partial charge in [0.25, 0.3) is 0 Å². The lowest BCUT2D eigenvalue weighted by molar-refractivity contribution is -0.123. The molecule has 0 atom stereocenters. The number of hydrogen-bond donors (Lipinski definition) is 2. The van der Waals surface area contributed by atoms with Gasteiger partial charge in [-0.2, -0.15) is 0 Å². The molecule has 0 fully saturated rings. The minimum absolute atomic E-state index is 0.0473. The molecule has 0 aromatic carbocycles. The molecule has 0 bridgehead atoms. The number of hydrogen-bond acceptors (Lipinski definition) is 6. The average Bonchev–Trinajstić information content (AvgIpc) is 2.58. The van der Waals surface area contributed by atoms with Gasteiger partial charge in [0.05, 0.1) is 6.61 Å². The normalized spacial score (nSPS) is 11.1. The number of nitrogens with zero attached hydrogens (tertiary/aromatic N) is 1. The van der Waals surface area contributed by atoms with Gasteiger partial charge >= 0.3 is 5.97 Å². The predicted molar refractivity (Wildman–Crippen MR) is 70.6 cm³/mol. The predicted octanol–water partition coefficient (Wildman–Crippen LogP) is 1.89. The molecule has 18 heavy (non-hydrogen) atoms. The first-order chi connectivity index (χ1) is 8.25. The maximum atomic E-state index is 11.7. The Labute approximate surface area is 110 Å². The number of aromatic nitrogens is 1. The molecule has 100 valence electrons. The van der Waals surface area contributed by atoms with E-state index >= 15 is 0 Å². The quantitative estimate of drug-likeness (QED) is 0.819. The summed E-state index contributed by atoms with van der Waals surface area (Å²) in [6.07, 6.45) is 0. The van der Waals surface area contributed by atoms with Crippen molar-refractivity contribution < 1.29 is 14.3 Å². The van der Waals surface area contributed by atoms with Crippen LogP contribution in [0.2, 0.25) is 0 Å². The van der Waals surface area contributed by atoms with E-state index in [1.54, 1.807) is 27.7 Å². The summed E-state index contributed by atoms with van der Waals surface area (Å²) in [6, 6.07) is 0. The summed E-state index contributed by atoms with van der Waals surface area (Å²) < 4.78 is 4.81. The number of rotatable bonds is 3. The zero-order chi connectivity index (χ0) is 13.9. The second-order valence-electron chi connectivity index (χ2n) is 4.66. The van der Waals surface area contributed by atoms with Gasteiger partial charge in [-0.3, -0.25) is 4.79 Å². The molecule has 6 nitrogen and oxygen atoms in total. The van der Waals surface area contributed by atoms with E-state index in [4.69, 9.17) is 10.5 Å². The van der Waals surface area contributed by atoms with Crippen LogP contribution in [0.25, 0.3) is 0 Å². The molecule has 1 heterocycles. The zero-order valence-electron chi connectivity index (χ0n) is 10.9. The molecule has 0 spiro atoms. The Morgan fingerprint density at radius 2 is 2.06 bits per heavy atom. The highest BCUT2D eigenvalue weighted by Crippen LogP contribution is 2.27. The lowest BCUT2D eigenvalue weighted by atomic mass is 9.96. The summed E-state index contributed by atoms with van der Waals surface area (Å²) in [7, 11) is 0. The van der Waals surface area contributed by atoms with E-state index in [2.05, 4.69) is 10.3 Å². The molecule has 0 aliphatic carbocycles. The van der Waals surface area contributed by atoms with Gasteiger partial charge in [-0.25, -0.2) is 9.78 Å². The van der Waals surface area contributed by atoms with Gasteiger partial charge in [0, 0.05) is 5.41 Å². The van der Waals surface area contributed by atoms with E-state index in [9.17, 15) is 9.59 Å². The molecule has 7 heteroatoms. The number of nitrogens with one attached hydrogen (secondary N) is 1. The highest BCUT2D eigenvalue weighted by molar-refractivity contribution is 7.19. The zero-order valence-corrected chi connectivity index (χ0v) is 11.7. The maximum Gasteiger partial charge on any atom is 0.360 e. The molecule has 1 amide bonds. The molecule has 1 rings (SSSR count). The molecule has 0 aliphatic heterocycles. The molecule has 0 aliphatic rings. The number of esters is 1. The van der Waals surface area contributed by atoms with Crippen molar-refractivity contribution in [3.63, 3.8) is 0 Å². The molecular formula is C11H17N3O3S. The van der Waals surface area contributed by atoms with Crippen LogP contribution in [-0.4, -0.2) is 23.5 Å². The third-order valence-corrected chi connectivity index (χ3v) is 2.82. The Kier molecular flexibility index (Phi) is 4.28. The first kappa shape index (κ1) is 14.4. The number of nitrogens with two attached hydrogens (primary N) is 1. The molecule has 1 aromatic heterocycles. The third-order valence-electron chi connectivity index (χ3n) is 2.02. The fourth-order valence-electron chi connectivity index (χ4n) is 1.02. The van der Waals surface area contributed by atoms with Gasteiger partial charge in [0.15, 0.2) is 10.8 Å². The third kappa shape index (κ3) is 3.43. The van der Waals surface area contributed by atoms with Gasteiger partial charge < -0.3 is 15.8 Å². The van der Waals surface area contributed by atoms with Gasteiger partial charge in [-0.1, -0.05) is 32.1 Å². The summed E-state index contributed by atoms with van der Waals surface area (Å²) in [5, 5.41) is 3.16. The largest absolute Gasteiger partial charge is 0.461 e. The molecule has 0 radical (unpaired) electrons. The van der Waals surface area contributed by atoms with Crippen molar-refractivity contribution in [2.75, 3.05) is 17.7 Å². The van der Waals surface area contributed by atoms with Crippen molar-refractivity contribution in [2.24, 2.45) is 5.41 Å². The molecule has 3 N–H and O–H groups in total. The van der Waals surface area contributed by atoms with E-state index in [0.717, 1.165) is 11.3 Å². The number of carbonyl (C=O) groups is 2. The van der Waals surface area contributed by atoms with Crippen LogP contribution in [0, 0.1) is 5.41 Å². The van der Waals surface area contributed by atoms with Crippen LogP contribution >= 0.6 is 11.3 Å². The highest BCUT2D eigenvalue weighted by atomic mass is 32.1. The first-order valence-electron chi connectivity index (χ1n) is 5.50. The van der Waals surface area contributed by atoms with Crippen molar-refractivity contribution in [2.45, 2.75) is 27.7 Å². The Bertz CT molecular complexity index is 463. The number of anilines is 2. The standard InChI is InChI=1S/C11H17N3O3S/c1-5-17-8(15)6-7(12)18-10(13-6)14-9(16)11(2,3)4/h5,12H2,1-4H3,(H,13,14,16).